The van der Waals surface area contributed by atoms with E-state index >= 15 is 0 Å². The number of carbonyl (C=O) groups is 3. The number of halogens is 1. The number of nitrogens with zero attached hydrogens (tertiary/aromatic N) is 1. The maximum absolute atomic E-state index is 12.3. The van der Waals surface area contributed by atoms with Crippen LogP contribution in [0.25, 0.3) is 0 Å². The number of hydrogen-bond acceptors (Lipinski definition) is 7. The summed E-state index contributed by atoms with van der Waals surface area (Å²) in [7, 11) is 0. The predicted molar refractivity (Wildman–Crippen MR) is 97.8 cm³/mol. The van der Waals surface area contributed by atoms with Crippen molar-refractivity contribution in [3.05, 3.63) is 50.2 Å². The maximum atomic E-state index is 12.3. The van der Waals surface area contributed by atoms with Crippen LogP contribution in [0, 0.1) is 10.1 Å². The fourth-order valence-corrected chi connectivity index (χ4v) is 2.79. The van der Waals surface area contributed by atoms with Gasteiger partial charge in [0.1, 0.15) is 12.2 Å². The van der Waals surface area contributed by atoms with E-state index in [2.05, 4.69) is 10.6 Å². The summed E-state index contributed by atoms with van der Waals surface area (Å²) in [6.45, 7) is 3.02. The van der Waals surface area contributed by atoms with Crippen LogP contribution in [0.3, 0.4) is 0 Å². The average Bonchev–Trinajstić information content (AvgIpc) is 2.65. The Balaban J connectivity index is 2.30. The van der Waals surface area contributed by atoms with Gasteiger partial charge < -0.3 is 20.1 Å². The van der Waals surface area contributed by atoms with Gasteiger partial charge in [0.2, 0.25) is 0 Å². The molecule has 11 heteroatoms. The summed E-state index contributed by atoms with van der Waals surface area (Å²) in [4.78, 5) is 46.8. The number of carbonyl (C=O) groups excluding carboxylic acids is 3. The molecule has 1 aliphatic heterocycles. The number of nitro benzene ring substituents is 1. The molecule has 0 fully saturated rings. The van der Waals surface area contributed by atoms with Gasteiger partial charge in [-0.05, 0) is 25.5 Å². The van der Waals surface area contributed by atoms with Crippen LogP contribution in [0.4, 0.5) is 10.5 Å². The van der Waals surface area contributed by atoms with E-state index in [0.29, 0.717) is 6.42 Å². The van der Waals surface area contributed by atoms with Crippen molar-refractivity contribution >= 4 is 35.3 Å². The standard InChI is InChI=1S/C17H18ClN3O7/c1-3-11-14(16(23)27-4-2)12(20-17(24)19-11)8-28-15(22)10-7-9(18)5-6-13(10)21(25)26/h5-7,11H,3-4,8H2,1-2H3,(H2,19,20,24)/t11-/m0/s1. The van der Waals surface area contributed by atoms with Gasteiger partial charge in [-0.15, -0.1) is 0 Å². The van der Waals surface area contributed by atoms with Crippen LogP contribution < -0.4 is 10.6 Å². The lowest BCUT2D eigenvalue weighted by Gasteiger charge is -2.28. The van der Waals surface area contributed by atoms with Crippen LogP contribution in [0.1, 0.15) is 30.6 Å². The first-order valence-electron chi connectivity index (χ1n) is 8.37. The molecule has 1 atom stereocenters. The lowest BCUT2D eigenvalue weighted by molar-refractivity contribution is -0.385. The third-order valence-electron chi connectivity index (χ3n) is 3.87. The average molecular weight is 412 g/mol. The number of nitrogens with one attached hydrogen (secondary N) is 2. The highest BCUT2D eigenvalue weighted by Crippen LogP contribution is 2.24. The third kappa shape index (κ3) is 4.77. The number of benzene rings is 1. The Labute approximate surface area is 165 Å². The summed E-state index contributed by atoms with van der Waals surface area (Å²) >= 11 is 5.80. The van der Waals surface area contributed by atoms with Gasteiger partial charge in [0.15, 0.2) is 0 Å². The second-order valence-electron chi connectivity index (χ2n) is 5.67. The highest BCUT2D eigenvalue weighted by molar-refractivity contribution is 6.31. The topological polar surface area (TPSA) is 137 Å². The molecule has 0 aliphatic carbocycles. The van der Waals surface area contributed by atoms with Gasteiger partial charge in [0.25, 0.3) is 5.69 Å². The normalized spacial score (nSPS) is 16.1. The third-order valence-corrected chi connectivity index (χ3v) is 4.10. The van der Waals surface area contributed by atoms with Crippen LogP contribution in [-0.2, 0) is 14.3 Å². The fraction of sp³-hybridized carbons (Fsp3) is 0.353. The summed E-state index contributed by atoms with van der Waals surface area (Å²) in [5, 5.41) is 16.2. The first-order chi connectivity index (χ1) is 13.3. The molecule has 150 valence electrons. The van der Waals surface area contributed by atoms with E-state index in [0.717, 1.165) is 12.1 Å². The van der Waals surface area contributed by atoms with E-state index in [4.69, 9.17) is 21.1 Å². The number of hydrogen-bond donors (Lipinski definition) is 2. The number of urea groups is 1. The van der Waals surface area contributed by atoms with E-state index < -0.39 is 41.2 Å². The second kappa shape index (κ2) is 9.18. The second-order valence-corrected chi connectivity index (χ2v) is 6.10. The summed E-state index contributed by atoms with van der Waals surface area (Å²) < 4.78 is 10.1. The zero-order valence-electron chi connectivity index (χ0n) is 15.1. The zero-order chi connectivity index (χ0) is 20.8. The quantitative estimate of drug-likeness (QED) is 0.399. The number of esters is 2. The molecule has 0 saturated carbocycles. The number of ether oxygens (including phenoxy) is 2. The number of nitro groups is 1. The van der Waals surface area contributed by atoms with Gasteiger partial charge in [-0.2, -0.15) is 0 Å². The Morgan fingerprint density at radius 2 is 1.96 bits per heavy atom. The molecule has 0 aromatic heterocycles. The first-order valence-corrected chi connectivity index (χ1v) is 8.75. The molecule has 0 saturated heterocycles. The Kier molecular flexibility index (Phi) is 6.94. The molecule has 0 spiro atoms. The van der Waals surface area contributed by atoms with E-state index in [-0.39, 0.29) is 28.5 Å². The number of rotatable bonds is 7. The van der Waals surface area contributed by atoms with Crippen molar-refractivity contribution in [2.24, 2.45) is 0 Å². The van der Waals surface area contributed by atoms with Crippen molar-refractivity contribution in [3.8, 4) is 0 Å². The Morgan fingerprint density at radius 1 is 1.25 bits per heavy atom. The molecule has 10 nitrogen and oxygen atoms in total. The minimum absolute atomic E-state index is 0.0482. The summed E-state index contributed by atoms with van der Waals surface area (Å²) in [5.74, 6) is -1.69. The minimum Gasteiger partial charge on any atom is -0.463 e. The fourth-order valence-electron chi connectivity index (χ4n) is 2.62. The van der Waals surface area contributed by atoms with Crippen molar-refractivity contribution in [1.29, 1.82) is 0 Å². The first kappa shape index (κ1) is 21.2. The van der Waals surface area contributed by atoms with Gasteiger partial charge >= 0.3 is 18.0 Å². The van der Waals surface area contributed by atoms with Crippen molar-refractivity contribution in [1.82, 2.24) is 10.6 Å². The molecular weight excluding hydrogens is 394 g/mol. The molecule has 1 aliphatic rings. The highest BCUT2D eigenvalue weighted by atomic mass is 35.5. The van der Waals surface area contributed by atoms with Crippen LogP contribution in [0.15, 0.2) is 29.5 Å². The molecular formula is C17H18ClN3O7. The van der Waals surface area contributed by atoms with Gasteiger partial charge in [0.05, 0.1) is 28.8 Å². The van der Waals surface area contributed by atoms with E-state index in [1.807, 2.05) is 0 Å². The molecule has 0 unspecified atom stereocenters. The van der Waals surface area contributed by atoms with E-state index in [1.54, 1.807) is 13.8 Å². The van der Waals surface area contributed by atoms with Crippen LogP contribution in [-0.4, -0.2) is 42.1 Å². The lowest BCUT2D eigenvalue weighted by atomic mass is 10.0. The molecule has 0 bridgehead atoms. The Hall–Kier alpha value is -3.14. The van der Waals surface area contributed by atoms with E-state index in [1.165, 1.54) is 6.07 Å². The van der Waals surface area contributed by atoms with Gasteiger partial charge in [-0.3, -0.25) is 10.1 Å². The Bertz CT molecular complexity index is 853. The van der Waals surface area contributed by atoms with E-state index in [9.17, 15) is 24.5 Å². The molecule has 1 aromatic rings. The molecule has 1 aromatic carbocycles. The van der Waals surface area contributed by atoms with Gasteiger partial charge in [-0.25, -0.2) is 14.4 Å². The van der Waals surface area contributed by atoms with Gasteiger partial charge in [0, 0.05) is 11.1 Å². The molecule has 28 heavy (non-hydrogen) atoms. The molecule has 2 rings (SSSR count). The minimum atomic E-state index is -1.02. The lowest BCUT2D eigenvalue weighted by Crippen LogP contribution is -2.51. The van der Waals surface area contributed by atoms with Crippen molar-refractivity contribution in [2.75, 3.05) is 13.2 Å². The maximum Gasteiger partial charge on any atom is 0.345 e. The molecule has 2 N–H and O–H groups in total. The summed E-state index contributed by atoms with van der Waals surface area (Å²) in [5.41, 5.74) is -0.651. The largest absolute Gasteiger partial charge is 0.463 e. The highest BCUT2D eigenvalue weighted by Gasteiger charge is 2.32. The van der Waals surface area contributed by atoms with Crippen molar-refractivity contribution < 1.29 is 28.8 Å². The van der Waals surface area contributed by atoms with Crippen LogP contribution in [0.5, 0.6) is 0 Å². The van der Waals surface area contributed by atoms with Crippen molar-refractivity contribution in [3.63, 3.8) is 0 Å². The predicted octanol–water partition coefficient (Wildman–Crippen LogP) is 2.31. The zero-order valence-corrected chi connectivity index (χ0v) is 15.9. The van der Waals surface area contributed by atoms with Crippen LogP contribution >= 0.6 is 11.6 Å². The Morgan fingerprint density at radius 3 is 2.57 bits per heavy atom. The van der Waals surface area contributed by atoms with Crippen LogP contribution in [0.2, 0.25) is 5.02 Å². The summed E-state index contributed by atoms with van der Waals surface area (Å²) in [6, 6.07) is 2.28. The van der Waals surface area contributed by atoms with Gasteiger partial charge in [-0.1, -0.05) is 18.5 Å². The van der Waals surface area contributed by atoms with Crippen molar-refractivity contribution in [2.45, 2.75) is 26.3 Å². The SMILES string of the molecule is CCOC(=O)C1=C(COC(=O)c2cc(Cl)ccc2[N+](=O)[O-])NC(=O)N[C@H]1CC. The molecule has 0 radical (unpaired) electrons. The summed E-state index contributed by atoms with van der Waals surface area (Å²) in [6.07, 6.45) is 0.402. The monoisotopic (exact) mass is 411 g/mol. The smallest absolute Gasteiger partial charge is 0.345 e. The molecule has 1 heterocycles. The number of amides is 2. The molecule has 2 amide bonds.